The smallest absolute Gasteiger partial charge is 0.305 e. The van der Waals surface area contributed by atoms with Crippen LogP contribution in [0.4, 0.5) is 10.1 Å². The summed E-state index contributed by atoms with van der Waals surface area (Å²) < 4.78 is 23.5. The Hall–Kier alpha value is -1.81. The van der Waals surface area contributed by atoms with Crippen LogP contribution in [0.25, 0.3) is 0 Å². The van der Waals surface area contributed by atoms with E-state index in [1.54, 1.807) is 0 Å². The SMILES string of the molecule is O=[N+]([O-])c1ccc(O[C@@H]2O[C@@H](CO)[C@H](O)[C@H]2O)cc1F. The van der Waals surface area contributed by atoms with Gasteiger partial charge in [-0.3, -0.25) is 10.1 Å². The van der Waals surface area contributed by atoms with E-state index in [-0.39, 0.29) is 5.75 Å². The van der Waals surface area contributed by atoms with Crippen molar-refractivity contribution in [1.29, 1.82) is 0 Å². The molecule has 1 saturated heterocycles. The zero-order valence-corrected chi connectivity index (χ0v) is 10.0. The Labute approximate surface area is 112 Å². The van der Waals surface area contributed by atoms with E-state index in [9.17, 15) is 24.7 Å². The van der Waals surface area contributed by atoms with Crippen LogP contribution in [0.15, 0.2) is 18.2 Å². The molecular weight excluding hydrogens is 277 g/mol. The summed E-state index contributed by atoms with van der Waals surface area (Å²) in [6, 6.07) is 2.81. The number of nitro groups is 1. The summed E-state index contributed by atoms with van der Waals surface area (Å²) in [5, 5.41) is 38.5. The molecule has 1 fully saturated rings. The summed E-state index contributed by atoms with van der Waals surface area (Å²) in [6.07, 6.45) is -5.08. The van der Waals surface area contributed by atoms with Crippen molar-refractivity contribution in [1.82, 2.24) is 0 Å². The molecular formula is C11H12FNO7. The van der Waals surface area contributed by atoms with Gasteiger partial charge < -0.3 is 24.8 Å². The fourth-order valence-corrected chi connectivity index (χ4v) is 1.81. The highest BCUT2D eigenvalue weighted by molar-refractivity contribution is 5.38. The second kappa shape index (κ2) is 5.67. The number of aliphatic hydroxyl groups is 3. The highest BCUT2D eigenvalue weighted by Crippen LogP contribution is 2.27. The van der Waals surface area contributed by atoms with Crippen LogP contribution < -0.4 is 4.74 Å². The largest absolute Gasteiger partial charge is 0.462 e. The van der Waals surface area contributed by atoms with Gasteiger partial charge in [0.05, 0.1) is 11.5 Å². The summed E-state index contributed by atoms with van der Waals surface area (Å²) in [5.41, 5.74) is -0.710. The second-order valence-corrected chi connectivity index (χ2v) is 4.19. The van der Waals surface area contributed by atoms with Gasteiger partial charge in [-0.2, -0.15) is 4.39 Å². The summed E-state index contributed by atoms with van der Waals surface area (Å²) >= 11 is 0. The van der Waals surface area contributed by atoms with Crippen molar-refractivity contribution in [3.05, 3.63) is 34.1 Å². The van der Waals surface area contributed by atoms with Gasteiger partial charge in [0.25, 0.3) is 0 Å². The predicted molar refractivity (Wildman–Crippen MR) is 61.4 cm³/mol. The van der Waals surface area contributed by atoms with Crippen molar-refractivity contribution < 1.29 is 34.1 Å². The van der Waals surface area contributed by atoms with Gasteiger partial charge in [0.2, 0.25) is 12.1 Å². The number of rotatable bonds is 4. The van der Waals surface area contributed by atoms with Crippen molar-refractivity contribution in [2.75, 3.05) is 6.61 Å². The number of nitro benzene ring substituents is 1. The molecule has 0 unspecified atom stereocenters. The maximum atomic E-state index is 13.4. The van der Waals surface area contributed by atoms with Gasteiger partial charge >= 0.3 is 5.69 Å². The van der Waals surface area contributed by atoms with E-state index in [4.69, 9.17) is 14.6 Å². The van der Waals surface area contributed by atoms with Crippen LogP contribution in [-0.2, 0) is 4.74 Å². The molecule has 0 aliphatic carbocycles. The predicted octanol–water partition coefficient (Wildman–Crippen LogP) is -0.448. The minimum Gasteiger partial charge on any atom is -0.462 e. The first kappa shape index (κ1) is 14.6. The number of halogens is 1. The average molecular weight is 289 g/mol. The molecule has 1 aromatic rings. The van der Waals surface area contributed by atoms with E-state index in [1.165, 1.54) is 0 Å². The van der Waals surface area contributed by atoms with E-state index >= 15 is 0 Å². The van der Waals surface area contributed by atoms with Gasteiger partial charge in [-0.1, -0.05) is 0 Å². The number of hydrogen-bond donors (Lipinski definition) is 3. The average Bonchev–Trinajstić information content (AvgIpc) is 2.66. The molecule has 9 heteroatoms. The zero-order valence-electron chi connectivity index (χ0n) is 10.0. The first-order valence-corrected chi connectivity index (χ1v) is 5.67. The van der Waals surface area contributed by atoms with Crippen molar-refractivity contribution in [3.8, 4) is 5.75 Å². The van der Waals surface area contributed by atoms with Crippen molar-refractivity contribution >= 4 is 5.69 Å². The Balaban J connectivity index is 2.11. The van der Waals surface area contributed by atoms with Crippen LogP contribution in [0.2, 0.25) is 0 Å². The Kier molecular flexibility index (Phi) is 4.14. The van der Waals surface area contributed by atoms with Crippen molar-refractivity contribution in [2.24, 2.45) is 0 Å². The molecule has 4 atom stereocenters. The third-order valence-corrected chi connectivity index (χ3v) is 2.87. The Morgan fingerprint density at radius 1 is 1.40 bits per heavy atom. The Bertz CT molecular complexity index is 512. The minimum absolute atomic E-state index is 0.108. The molecule has 0 aromatic heterocycles. The molecule has 3 N–H and O–H groups in total. The van der Waals surface area contributed by atoms with E-state index in [0.717, 1.165) is 18.2 Å². The summed E-state index contributed by atoms with van der Waals surface area (Å²) in [7, 11) is 0. The summed E-state index contributed by atoms with van der Waals surface area (Å²) in [4.78, 5) is 9.57. The lowest BCUT2D eigenvalue weighted by molar-refractivity contribution is -0.387. The lowest BCUT2D eigenvalue weighted by Gasteiger charge is -2.16. The highest BCUT2D eigenvalue weighted by Gasteiger charge is 2.44. The molecule has 1 heterocycles. The number of ether oxygens (including phenoxy) is 2. The van der Waals surface area contributed by atoms with E-state index in [2.05, 4.69) is 0 Å². The molecule has 20 heavy (non-hydrogen) atoms. The van der Waals surface area contributed by atoms with Gasteiger partial charge in [-0.05, 0) is 6.07 Å². The van der Waals surface area contributed by atoms with Crippen molar-refractivity contribution in [3.63, 3.8) is 0 Å². The first-order chi connectivity index (χ1) is 9.43. The molecule has 2 rings (SSSR count). The van der Waals surface area contributed by atoms with Crippen LogP contribution in [0, 0.1) is 15.9 Å². The van der Waals surface area contributed by atoms with Gasteiger partial charge in [-0.25, -0.2) is 0 Å². The fraction of sp³-hybridized carbons (Fsp3) is 0.455. The topological polar surface area (TPSA) is 122 Å². The second-order valence-electron chi connectivity index (χ2n) is 4.19. The number of aliphatic hydroxyl groups excluding tert-OH is 3. The van der Waals surface area contributed by atoms with Gasteiger partial charge in [0.15, 0.2) is 0 Å². The standard InChI is InChI=1S/C11H12FNO7/c12-6-3-5(1-2-7(6)13(17)18)19-11-10(16)9(15)8(4-14)20-11/h1-3,8-11,14-16H,4H2/t8-,9-,10+,11+/m0/s1. The monoisotopic (exact) mass is 289 g/mol. The third kappa shape index (κ3) is 2.70. The summed E-state index contributed by atoms with van der Waals surface area (Å²) in [6.45, 7) is -0.521. The van der Waals surface area contributed by atoms with Crippen LogP contribution in [0.5, 0.6) is 5.75 Å². The van der Waals surface area contributed by atoms with Gasteiger partial charge in [0.1, 0.15) is 24.1 Å². The van der Waals surface area contributed by atoms with Gasteiger partial charge in [-0.15, -0.1) is 0 Å². The zero-order chi connectivity index (χ0) is 14.9. The third-order valence-electron chi connectivity index (χ3n) is 2.87. The van der Waals surface area contributed by atoms with Crippen LogP contribution in [-0.4, -0.2) is 51.5 Å². The molecule has 110 valence electrons. The fourth-order valence-electron chi connectivity index (χ4n) is 1.81. The molecule has 0 bridgehead atoms. The van der Waals surface area contributed by atoms with Crippen LogP contribution >= 0.6 is 0 Å². The van der Waals surface area contributed by atoms with E-state index < -0.39 is 47.6 Å². The lowest BCUT2D eigenvalue weighted by Crippen LogP contribution is -2.35. The Morgan fingerprint density at radius 2 is 2.10 bits per heavy atom. The lowest BCUT2D eigenvalue weighted by atomic mass is 10.1. The van der Waals surface area contributed by atoms with E-state index in [0.29, 0.717) is 0 Å². The molecule has 0 saturated carbocycles. The molecule has 1 aliphatic rings. The molecule has 1 aromatic carbocycles. The first-order valence-electron chi connectivity index (χ1n) is 5.67. The minimum atomic E-state index is -1.43. The number of hydrogen-bond acceptors (Lipinski definition) is 7. The van der Waals surface area contributed by atoms with Gasteiger partial charge in [0, 0.05) is 12.1 Å². The van der Waals surface area contributed by atoms with E-state index in [1.807, 2.05) is 0 Å². The molecule has 0 spiro atoms. The Morgan fingerprint density at radius 3 is 2.60 bits per heavy atom. The van der Waals surface area contributed by atoms with Crippen molar-refractivity contribution in [2.45, 2.75) is 24.6 Å². The van der Waals surface area contributed by atoms with Crippen LogP contribution in [0.3, 0.4) is 0 Å². The summed E-state index contributed by atoms with van der Waals surface area (Å²) in [5.74, 6) is -1.21. The number of benzene rings is 1. The quantitative estimate of drug-likeness (QED) is 0.507. The molecule has 1 aliphatic heterocycles. The van der Waals surface area contributed by atoms with Crippen LogP contribution in [0.1, 0.15) is 0 Å². The molecule has 0 amide bonds. The molecule has 0 radical (unpaired) electrons. The molecule has 8 nitrogen and oxygen atoms in total. The highest BCUT2D eigenvalue weighted by atomic mass is 19.1. The number of nitrogens with zero attached hydrogens (tertiary/aromatic N) is 1. The maximum Gasteiger partial charge on any atom is 0.305 e. The maximum absolute atomic E-state index is 13.4. The normalized spacial score (nSPS) is 29.4.